The maximum atomic E-state index is 6.05. The molecule has 4 heteroatoms. The smallest absolute Gasteiger partial charge is 0.0960 e. The standard InChI is InChI=1S/C11H23NO3/c1-11(2,13-3)5-4-9(12)10-8-14-6-7-15-10/h9-10H,4-8,12H2,1-3H3. The lowest BCUT2D eigenvalue weighted by atomic mass is 9.97. The first-order valence-electron chi connectivity index (χ1n) is 5.55. The van der Waals surface area contributed by atoms with Gasteiger partial charge in [-0.2, -0.15) is 0 Å². The van der Waals surface area contributed by atoms with Crippen LogP contribution in [0.25, 0.3) is 0 Å². The molecule has 2 unspecified atom stereocenters. The zero-order valence-corrected chi connectivity index (χ0v) is 9.99. The molecule has 0 aromatic heterocycles. The molecule has 1 fully saturated rings. The van der Waals surface area contributed by atoms with E-state index in [1.807, 2.05) is 0 Å². The normalized spacial score (nSPS) is 25.2. The number of hydrogen-bond donors (Lipinski definition) is 1. The molecular weight excluding hydrogens is 194 g/mol. The summed E-state index contributed by atoms with van der Waals surface area (Å²) in [6, 6.07) is 0.0414. The SMILES string of the molecule is COC(C)(C)CCC(N)C1COCCO1. The van der Waals surface area contributed by atoms with Gasteiger partial charge in [0.05, 0.1) is 31.5 Å². The van der Waals surface area contributed by atoms with Crippen molar-refractivity contribution in [3.63, 3.8) is 0 Å². The molecule has 0 aromatic carbocycles. The molecule has 2 atom stereocenters. The molecule has 1 aliphatic rings. The van der Waals surface area contributed by atoms with Crippen molar-refractivity contribution in [2.24, 2.45) is 5.73 Å². The Morgan fingerprint density at radius 1 is 1.47 bits per heavy atom. The quantitative estimate of drug-likeness (QED) is 0.744. The fraction of sp³-hybridized carbons (Fsp3) is 1.00. The van der Waals surface area contributed by atoms with Gasteiger partial charge in [-0.1, -0.05) is 0 Å². The van der Waals surface area contributed by atoms with E-state index in [4.69, 9.17) is 19.9 Å². The largest absolute Gasteiger partial charge is 0.379 e. The maximum Gasteiger partial charge on any atom is 0.0960 e. The lowest BCUT2D eigenvalue weighted by Gasteiger charge is -2.30. The van der Waals surface area contributed by atoms with Gasteiger partial charge in [0.2, 0.25) is 0 Å². The lowest BCUT2D eigenvalue weighted by Crippen LogP contribution is -2.44. The molecule has 4 nitrogen and oxygen atoms in total. The van der Waals surface area contributed by atoms with Crippen LogP contribution >= 0.6 is 0 Å². The fourth-order valence-electron chi connectivity index (χ4n) is 1.56. The molecule has 0 bridgehead atoms. The predicted molar refractivity (Wildman–Crippen MR) is 58.9 cm³/mol. The highest BCUT2D eigenvalue weighted by Crippen LogP contribution is 2.18. The second-order valence-corrected chi connectivity index (χ2v) is 4.65. The summed E-state index contributed by atoms with van der Waals surface area (Å²) >= 11 is 0. The third-order valence-corrected chi connectivity index (χ3v) is 2.95. The summed E-state index contributed by atoms with van der Waals surface area (Å²) in [7, 11) is 1.73. The van der Waals surface area contributed by atoms with Gasteiger partial charge in [-0.15, -0.1) is 0 Å². The van der Waals surface area contributed by atoms with E-state index in [0.29, 0.717) is 19.8 Å². The van der Waals surface area contributed by atoms with E-state index in [0.717, 1.165) is 12.8 Å². The Kier molecular flexibility index (Phi) is 4.99. The molecule has 0 aliphatic carbocycles. The highest BCUT2D eigenvalue weighted by Gasteiger charge is 2.25. The van der Waals surface area contributed by atoms with Gasteiger partial charge in [0.25, 0.3) is 0 Å². The average molecular weight is 217 g/mol. The molecule has 1 heterocycles. The molecule has 0 radical (unpaired) electrons. The number of nitrogens with two attached hydrogens (primary N) is 1. The number of hydrogen-bond acceptors (Lipinski definition) is 4. The Morgan fingerprint density at radius 2 is 2.20 bits per heavy atom. The molecule has 2 N–H and O–H groups in total. The van der Waals surface area contributed by atoms with Crippen LogP contribution in [0, 0.1) is 0 Å². The van der Waals surface area contributed by atoms with Crippen molar-refractivity contribution in [2.75, 3.05) is 26.9 Å². The molecule has 1 rings (SSSR count). The van der Waals surface area contributed by atoms with Gasteiger partial charge >= 0.3 is 0 Å². The molecular formula is C11H23NO3. The summed E-state index contributed by atoms with van der Waals surface area (Å²) in [5.41, 5.74) is 5.95. The van der Waals surface area contributed by atoms with Crippen LogP contribution in [0.15, 0.2) is 0 Å². The lowest BCUT2D eigenvalue weighted by molar-refractivity contribution is -0.0998. The van der Waals surface area contributed by atoms with Crippen molar-refractivity contribution < 1.29 is 14.2 Å². The van der Waals surface area contributed by atoms with Crippen LogP contribution in [0.5, 0.6) is 0 Å². The first kappa shape index (κ1) is 12.9. The Balaban J connectivity index is 2.25. The highest BCUT2D eigenvalue weighted by molar-refractivity contribution is 4.79. The molecule has 90 valence electrons. The zero-order chi connectivity index (χ0) is 11.3. The minimum atomic E-state index is -0.104. The second kappa shape index (κ2) is 5.80. The second-order valence-electron chi connectivity index (χ2n) is 4.65. The predicted octanol–water partition coefficient (Wildman–Crippen LogP) is 0.934. The van der Waals surface area contributed by atoms with E-state index in [-0.39, 0.29) is 17.7 Å². The molecule has 0 amide bonds. The van der Waals surface area contributed by atoms with E-state index >= 15 is 0 Å². The van der Waals surface area contributed by atoms with Crippen molar-refractivity contribution in [3.8, 4) is 0 Å². The third kappa shape index (κ3) is 4.47. The van der Waals surface area contributed by atoms with Gasteiger partial charge in [0.1, 0.15) is 0 Å². The van der Waals surface area contributed by atoms with Gasteiger partial charge in [0, 0.05) is 13.2 Å². The Hall–Kier alpha value is -0.160. The van der Waals surface area contributed by atoms with Gasteiger partial charge in [-0.3, -0.25) is 0 Å². The van der Waals surface area contributed by atoms with E-state index < -0.39 is 0 Å². The Morgan fingerprint density at radius 3 is 2.73 bits per heavy atom. The molecule has 0 aromatic rings. The number of methoxy groups -OCH3 is 1. The summed E-state index contributed by atoms with van der Waals surface area (Å²) in [5, 5.41) is 0. The summed E-state index contributed by atoms with van der Waals surface area (Å²) in [5.74, 6) is 0. The summed E-state index contributed by atoms with van der Waals surface area (Å²) < 4.78 is 16.2. The van der Waals surface area contributed by atoms with Crippen LogP contribution in [0.2, 0.25) is 0 Å². The van der Waals surface area contributed by atoms with Gasteiger partial charge in [0.15, 0.2) is 0 Å². The van der Waals surface area contributed by atoms with Crippen molar-refractivity contribution in [2.45, 2.75) is 44.4 Å². The van der Waals surface area contributed by atoms with Crippen molar-refractivity contribution in [1.29, 1.82) is 0 Å². The van der Waals surface area contributed by atoms with Crippen LogP contribution in [0.3, 0.4) is 0 Å². The topological polar surface area (TPSA) is 53.7 Å². The van der Waals surface area contributed by atoms with Gasteiger partial charge in [-0.05, 0) is 26.7 Å². The average Bonchev–Trinajstić information content (AvgIpc) is 2.27. The molecule has 0 saturated carbocycles. The van der Waals surface area contributed by atoms with E-state index in [2.05, 4.69) is 13.8 Å². The third-order valence-electron chi connectivity index (χ3n) is 2.95. The molecule has 0 spiro atoms. The Labute approximate surface area is 92.1 Å². The van der Waals surface area contributed by atoms with E-state index in [9.17, 15) is 0 Å². The molecule has 1 saturated heterocycles. The van der Waals surface area contributed by atoms with E-state index in [1.165, 1.54) is 0 Å². The number of ether oxygens (including phenoxy) is 3. The van der Waals surface area contributed by atoms with Gasteiger partial charge < -0.3 is 19.9 Å². The highest BCUT2D eigenvalue weighted by atomic mass is 16.6. The first-order valence-corrected chi connectivity index (χ1v) is 5.55. The maximum absolute atomic E-state index is 6.05. The number of rotatable bonds is 5. The zero-order valence-electron chi connectivity index (χ0n) is 9.99. The Bertz CT molecular complexity index is 179. The van der Waals surface area contributed by atoms with Crippen molar-refractivity contribution in [3.05, 3.63) is 0 Å². The van der Waals surface area contributed by atoms with E-state index in [1.54, 1.807) is 7.11 Å². The van der Waals surface area contributed by atoms with Crippen LogP contribution in [0.4, 0.5) is 0 Å². The first-order chi connectivity index (χ1) is 7.05. The minimum Gasteiger partial charge on any atom is -0.379 e. The van der Waals surface area contributed by atoms with Crippen LogP contribution in [0.1, 0.15) is 26.7 Å². The molecule has 15 heavy (non-hydrogen) atoms. The van der Waals surface area contributed by atoms with Crippen molar-refractivity contribution in [1.82, 2.24) is 0 Å². The van der Waals surface area contributed by atoms with Crippen LogP contribution in [-0.2, 0) is 14.2 Å². The minimum absolute atomic E-state index is 0.0414. The van der Waals surface area contributed by atoms with Crippen LogP contribution < -0.4 is 5.73 Å². The monoisotopic (exact) mass is 217 g/mol. The van der Waals surface area contributed by atoms with Crippen molar-refractivity contribution >= 4 is 0 Å². The summed E-state index contributed by atoms with van der Waals surface area (Å²) in [4.78, 5) is 0. The summed E-state index contributed by atoms with van der Waals surface area (Å²) in [6.45, 7) is 6.10. The van der Waals surface area contributed by atoms with Gasteiger partial charge in [-0.25, -0.2) is 0 Å². The summed E-state index contributed by atoms with van der Waals surface area (Å²) in [6.07, 6.45) is 1.88. The fourth-order valence-corrected chi connectivity index (χ4v) is 1.56. The molecule has 1 aliphatic heterocycles. The van der Waals surface area contributed by atoms with Crippen LogP contribution in [-0.4, -0.2) is 44.7 Å².